The van der Waals surface area contributed by atoms with Gasteiger partial charge in [0.2, 0.25) is 0 Å². The molecule has 190 valence electrons. The first-order chi connectivity index (χ1) is 16.1. The van der Waals surface area contributed by atoms with Crippen molar-refractivity contribution in [3.05, 3.63) is 57.2 Å². The van der Waals surface area contributed by atoms with Crippen molar-refractivity contribution >= 4 is 47.4 Å². The van der Waals surface area contributed by atoms with Crippen LogP contribution >= 0.6 is 36.4 Å². The molecule has 5 heterocycles. The van der Waals surface area contributed by atoms with Crippen molar-refractivity contribution in [1.29, 1.82) is 0 Å². The van der Waals surface area contributed by atoms with Crippen molar-refractivity contribution < 1.29 is 9.47 Å². The molecule has 0 atom stereocenters. The highest BCUT2D eigenvalue weighted by atomic mass is 35.5. The molecule has 0 aromatic carbocycles. The summed E-state index contributed by atoms with van der Waals surface area (Å²) in [5, 5.41) is 4.25. The zero-order valence-corrected chi connectivity index (χ0v) is 21.9. The van der Waals surface area contributed by atoms with Gasteiger partial charge in [-0.1, -0.05) is 11.6 Å². The largest absolute Gasteiger partial charge is 0.486 e. The molecular weight excluding hydrogens is 513 g/mol. The number of halogens is 3. The molecule has 2 aliphatic heterocycles. The van der Waals surface area contributed by atoms with Crippen LogP contribution in [0.2, 0.25) is 5.02 Å². The van der Waals surface area contributed by atoms with E-state index in [4.69, 9.17) is 21.1 Å². The fourth-order valence-corrected chi connectivity index (χ4v) is 4.84. The summed E-state index contributed by atoms with van der Waals surface area (Å²) in [7, 11) is 1.78. The number of nitrogens with one attached hydrogen (secondary N) is 1. The molecule has 0 aliphatic carbocycles. The lowest BCUT2D eigenvalue weighted by Crippen LogP contribution is -2.43. The van der Waals surface area contributed by atoms with Crippen molar-refractivity contribution in [2.24, 2.45) is 7.05 Å². The average molecular weight is 543 g/mol. The molecule has 0 spiro atoms. The second-order valence-corrected chi connectivity index (χ2v) is 9.02. The number of aromatic nitrogens is 3. The van der Waals surface area contributed by atoms with Gasteiger partial charge in [-0.15, -0.1) is 24.8 Å². The summed E-state index contributed by atoms with van der Waals surface area (Å²) in [5.74, 6) is 1.50. The zero-order valence-electron chi connectivity index (χ0n) is 19.5. The SMILES string of the molecule is Cl.Cl.Cn1c(=O)ccc2ncc(Cl)c(CCN3CCC(NCc4cc5c(cn4)OCCO5)CC3)c21. The van der Waals surface area contributed by atoms with E-state index in [1.54, 1.807) is 36.1 Å². The molecule has 0 bridgehead atoms. The van der Waals surface area contributed by atoms with Crippen molar-refractivity contribution in [3.8, 4) is 11.5 Å². The van der Waals surface area contributed by atoms with Crippen LogP contribution < -0.4 is 20.3 Å². The number of hydrogen-bond donors (Lipinski definition) is 1. The Bertz CT molecular complexity index is 1210. The number of aryl methyl sites for hydroxylation is 1. The van der Waals surface area contributed by atoms with Crippen LogP contribution in [0.4, 0.5) is 0 Å². The molecule has 8 nitrogen and oxygen atoms in total. The molecule has 0 saturated carbocycles. The van der Waals surface area contributed by atoms with Crippen LogP contribution in [0.5, 0.6) is 11.5 Å². The number of fused-ring (bicyclic) bond motifs is 2. The summed E-state index contributed by atoms with van der Waals surface area (Å²) in [5.41, 5.74) is 3.54. The van der Waals surface area contributed by atoms with Gasteiger partial charge in [-0.05, 0) is 44.0 Å². The lowest BCUT2D eigenvalue weighted by atomic mass is 10.0. The van der Waals surface area contributed by atoms with E-state index in [0.717, 1.165) is 72.7 Å². The van der Waals surface area contributed by atoms with Gasteiger partial charge in [-0.2, -0.15) is 0 Å². The fourth-order valence-electron chi connectivity index (χ4n) is 4.60. The minimum Gasteiger partial charge on any atom is -0.486 e. The second-order valence-electron chi connectivity index (χ2n) is 8.62. The van der Waals surface area contributed by atoms with E-state index in [0.29, 0.717) is 30.8 Å². The smallest absolute Gasteiger partial charge is 0.250 e. The number of likely N-dealkylation sites (tertiary alicyclic amines) is 1. The van der Waals surface area contributed by atoms with Gasteiger partial charge in [0.05, 0.1) is 27.9 Å². The molecule has 11 heteroatoms. The molecule has 5 rings (SSSR count). The number of piperidine rings is 1. The Labute approximate surface area is 221 Å². The molecule has 0 amide bonds. The van der Waals surface area contributed by atoms with Gasteiger partial charge in [0.15, 0.2) is 11.5 Å². The van der Waals surface area contributed by atoms with Gasteiger partial charge in [0, 0.05) is 44.5 Å². The van der Waals surface area contributed by atoms with Crippen molar-refractivity contribution in [3.63, 3.8) is 0 Å². The predicted octanol–water partition coefficient (Wildman–Crippen LogP) is 3.39. The molecule has 35 heavy (non-hydrogen) atoms. The Morgan fingerprint density at radius 3 is 2.60 bits per heavy atom. The molecule has 1 N–H and O–H groups in total. The van der Waals surface area contributed by atoms with Gasteiger partial charge in [0.25, 0.3) is 5.56 Å². The topological polar surface area (TPSA) is 81.5 Å². The Morgan fingerprint density at radius 2 is 1.83 bits per heavy atom. The van der Waals surface area contributed by atoms with E-state index >= 15 is 0 Å². The Hall–Kier alpha value is -2.10. The van der Waals surface area contributed by atoms with Gasteiger partial charge in [-0.3, -0.25) is 14.8 Å². The molecule has 3 aromatic heterocycles. The normalized spacial score (nSPS) is 15.9. The molecule has 0 unspecified atom stereocenters. The summed E-state index contributed by atoms with van der Waals surface area (Å²) in [6.07, 6.45) is 6.37. The summed E-state index contributed by atoms with van der Waals surface area (Å²) in [6, 6.07) is 5.74. The van der Waals surface area contributed by atoms with Crippen molar-refractivity contribution in [1.82, 2.24) is 24.8 Å². The van der Waals surface area contributed by atoms with E-state index in [2.05, 4.69) is 20.2 Å². The first kappa shape index (κ1) is 27.5. The van der Waals surface area contributed by atoms with Crippen LogP contribution in [0.3, 0.4) is 0 Å². The molecule has 1 saturated heterocycles. The predicted molar refractivity (Wildman–Crippen MR) is 142 cm³/mol. The third-order valence-electron chi connectivity index (χ3n) is 6.51. The van der Waals surface area contributed by atoms with E-state index < -0.39 is 0 Å². The van der Waals surface area contributed by atoms with Crippen LogP contribution in [0.15, 0.2) is 35.4 Å². The number of hydrogen-bond acceptors (Lipinski definition) is 7. The number of pyridine rings is 3. The minimum absolute atomic E-state index is 0. The first-order valence-electron chi connectivity index (χ1n) is 11.4. The highest BCUT2D eigenvalue weighted by Gasteiger charge is 2.20. The number of ether oxygens (including phenoxy) is 2. The standard InChI is InChI=1S/C24H28ClN5O3.2ClH/c1-29-23(31)3-2-20-24(29)18(19(25)14-28-20)6-9-30-7-4-16(5-8-30)26-13-17-12-21-22(15-27-17)33-11-10-32-21;;/h2-3,12,14-16,26H,4-11,13H2,1H3;2*1H. The number of nitrogens with zero attached hydrogens (tertiary/aromatic N) is 4. The number of rotatable bonds is 6. The zero-order chi connectivity index (χ0) is 22.8. The van der Waals surface area contributed by atoms with E-state index in [1.165, 1.54) is 0 Å². The quantitative estimate of drug-likeness (QED) is 0.511. The van der Waals surface area contributed by atoms with Gasteiger partial charge in [-0.25, -0.2) is 0 Å². The maximum atomic E-state index is 12.1. The van der Waals surface area contributed by atoms with Crippen molar-refractivity contribution in [2.75, 3.05) is 32.8 Å². The van der Waals surface area contributed by atoms with E-state index in [9.17, 15) is 4.79 Å². The third kappa shape index (κ3) is 6.19. The van der Waals surface area contributed by atoms with Gasteiger partial charge < -0.3 is 24.3 Å². The fraction of sp³-hybridized carbons (Fsp3) is 0.458. The Morgan fingerprint density at radius 1 is 1.09 bits per heavy atom. The monoisotopic (exact) mass is 541 g/mol. The molecular formula is C24H30Cl3N5O3. The van der Waals surface area contributed by atoms with Gasteiger partial charge in [0.1, 0.15) is 13.2 Å². The minimum atomic E-state index is -0.0489. The summed E-state index contributed by atoms with van der Waals surface area (Å²) < 4.78 is 12.8. The van der Waals surface area contributed by atoms with Crippen molar-refractivity contribution in [2.45, 2.75) is 31.8 Å². The average Bonchev–Trinajstić information content (AvgIpc) is 2.85. The Balaban J connectivity index is 0.00000171. The summed E-state index contributed by atoms with van der Waals surface area (Å²) in [4.78, 5) is 23.5. The molecule has 0 radical (unpaired) electrons. The third-order valence-corrected chi connectivity index (χ3v) is 6.83. The van der Waals surface area contributed by atoms with E-state index in [-0.39, 0.29) is 30.4 Å². The maximum Gasteiger partial charge on any atom is 0.250 e. The van der Waals surface area contributed by atoms with Crippen LogP contribution in [0.25, 0.3) is 11.0 Å². The molecule has 1 fully saturated rings. The molecule has 2 aliphatic rings. The second kappa shape index (κ2) is 12.2. The van der Waals surface area contributed by atoms with Crippen LogP contribution in [-0.4, -0.2) is 58.3 Å². The maximum absolute atomic E-state index is 12.1. The van der Waals surface area contributed by atoms with Crippen LogP contribution in [0.1, 0.15) is 24.1 Å². The summed E-state index contributed by atoms with van der Waals surface area (Å²) in [6.45, 7) is 4.82. The summed E-state index contributed by atoms with van der Waals surface area (Å²) >= 11 is 6.48. The Kier molecular flexibility index (Phi) is 9.61. The first-order valence-corrected chi connectivity index (χ1v) is 11.8. The van der Waals surface area contributed by atoms with E-state index in [1.807, 2.05) is 6.07 Å². The van der Waals surface area contributed by atoms with Crippen LogP contribution in [-0.2, 0) is 20.0 Å². The lowest BCUT2D eigenvalue weighted by Gasteiger charge is -2.32. The van der Waals surface area contributed by atoms with Crippen LogP contribution in [0, 0.1) is 0 Å². The lowest BCUT2D eigenvalue weighted by molar-refractivity contribution is 0.170. The molecule has 3 aromatic rings. The van der Waals surface area contributed by atoms with Gasteiger partial charge >= 0.3 is 0 Å². The highest BCUT2D eigenvalue weighted by Crippen LogP contribution is 2.29. The highest BCUT2D eigenvalue weighted by molar-refractivity contribution is 6.32.